The highest BCUT2D eigenvalue weighted by Crippen LogP contribution is 2.31. The standard InChI is InChI=1S/C23H23ClN2O5S/c1-23(2,3)31-22(28)26-25-13-18-11-15-7-10-17(12-19(15)32-18)30-20(21(27)29-4)14-5-8-16(24)9-6-14/h5-13,20H,1-4H3,(H,26,28)/b25-13-/t20-/m0/s1. The van der Waals surface area contributed by atoms with Crippen molar-refractivity contribution in [1.82, 2.24) is 5.43 Å². The summed E-state index contributed by atoms with van der Waals surface area (Å²) in [5.74, 6) is -0.000271. The van der Waals surface area contributed by atoms with Crippen LogP contribution < -0.4 is 10.2 Å². The SMILES string of the molecule is COC(=O)[C@@H](Oc1ccc2cc(/C=N\NC(=O)OC(C)(C)C)sc2c1)c1ccc(Cl)cc1. The van der Waals surface area contributed by atoms with Crippen molar-refractivity contribution < 1.29 is 23.8 Å². The maximum atomic E-state index is 12.3. The Morgan fingerprint density at radius 3 is 2.50 bits per heavy atom. The van der Waals surface area contributed by atoms with Crippen LogP contribution in [0.5, 0.6) is 5.75 Å². The number of hydrogen-bond acceptors (Lipinski definition) is 7. The highest BCUT2D eigenvalue weighted by Gasteiger charge is 2.24. The number of hydrogen-bond donors (Lipinski definition) is 1. The predicted molar refractivity (Wildman–Crippen MR) is 126 cm³/mol. The molecule has 0 saturated carbocycles. The van der Waals surface area contributed by atoms with Crippen LogP contribution in [-0.4, -0.2) is 31.0 Å². The van der Waals surface area contributed by atoms with Crippen molar-refractivity contribution in [1.29, 1.82) is 0 Å². The van der Waals surface area contributed by atoms with Crippen LogP contribution in [0.4, 0.5) is 4.79 Å². The lowest BCUT2D eigenvalue weighted by Gasteiger charge is -2.18. The largest absolute Gasteiger partial charge is 0.474 e. The zero-order valence-corrected chi connectivity index (χ0v) is 19.6. The summed E-state index contributed by atoms with van der Waals surface area (Å²) in [6.45, 7) is 5.33. The van der Waals surface area contributed by atoms with Crippen molar-refractivity contribution in [3.8, 4) is 5.75 Å². The zero-order valence-electron chi connectivity index (χ0n) is 18.0. The Balaban J connectivity index is 1.74. The topological polar surface area (TPSA) is 86.2 Å². The number of ether oxygens (including phenoxy) is 3. The first-order valence-electron chi connectivity index (χ1n) is 9.70. The summed E-state index contributed by atoms with van der Waals surface area (Å²) in [6.07, 6.45) is -0.00424. The summed E-state index contributed by atoms with van der Waals surface area (Å²) in [4.78, 5) is 24.8. The molecule has 0 radical (unpaired) electrons. The van der Waals surface area contributed by atoms with Gasteiger partial charge in [0.1, 0.15) is 11.4 Å². The van der Waals surface area contributed by atoms with E-state index in [1.54, 1.807) is 57.3 Å². The first-order chi connectivity index (χ1) is 15.1. The third-order valence-corrected chi connectivity index (χ3v) is 5.38. The van der Waals surface area contributed by atoms with E-state index in [4.69, 9.17) is 25.8 Å². The van der Waals surface area contributed by atoms with Gasteiger partial charge in [-0.2, -0.15) is 5.10 Å². The molecular formula is C23H23ClN2O5S. The predicted octanol–water partition coefficient (Wildman–Crippen LogP) is 5.71. The van der Waals surface area contributed by atoms with Gasteiger partial charge in [0.05, 0.1) is 13.3 Å². The van der Waals surface area contributed by atoms with Crippen LogP contribution in [0.2, 0.25) is 5.02 Å². The molecule has 0 aliphatic carbocycles. The average molecular weight is 475 g/mol. The minimum atomic E-state index is -0.922. The average Bonchev–Trinajstić information content (AvgIpc) is 3.13. The lowest BCUT2D eigenvalue weighted by molar-refractivity contribution is -0.149. The van der Waals surface area contributed by atoms with Gasteiger partial charge < -0.3 is 14.2 Å². The fourth-order valence-corrected chi connectivity index (χ4v) is 3.84. The molecule has 0 saturated heterocycles. The number of carbonyl (C=O) groups excluding carboxylic acids is 2. The second-order valence-electron chi connectivity index (χ2n) is 7.79. The van der Waals surface area contributed by atoms with Crippen molar-refractivity contribution in [2.45, 2.75) is 32.5 Å². The molecule has 0 bridgehead atoms. The Kier molecular flexibility index (Phi) is 7.37. The molecule has 2 aromatic carbocycles. The minimum absolute atomic E-state index is 0.514. The zero-order chi connectivity index (χ0) is 23.3. The molecule has 1 aromatic heterocycles. The Morgan fingerprint density at radius 2 is 1.84 bits per heavy atom. The van der Waals surface area contributed by atoms with Gasteiger partial charge in [-0.25, -0.2) is 15.0 Å². The molecule has 9 heteroatoms. The summed E-state index contributed by atoms with van der Waals surface area (Å²) >= 11 is 7.40. The number of carbonyl (C=O) groups is 2. The summed E-state index contributed by atoms with van der Waals surface area (Å²) in [5, 5.41) is 5.47. The van der Waals surface area contributed by atoms with E-state index in [2.05, 4.69) is 10.5 Å². The van der Waals surface area contributed by atoms with Gasteiger partial charge in [-0.1, -0.05) is 23.7 Å². The van der Waals surface area contributed by atoms with E-state index in [-0.39, 0.29) is 0 Å². The molecule has 1 atom stereocenters. The monoisotopic (exact) mass is 474 g/mol. The van der Waals surface area contributed by atoms with E-state index in [1.807, 2.05) is 18.2 Å². The van der Waals surface area contributed by atoms with Crippen LogP contribution in [0.25, 0.3) is 10.1 Å². The van der Waals surface area contributed by atoms with Gasteiger partial charge in [0.15, 0.2) is 0 Å². The maximum absolute atomic E-state index is 12.3. The van der Waals surface area contributed by atoms with E-state index in [1.165, 1.54) is 18.4 Å². The highest BCUT2D eigenvalue weighted by molar-refractivity contribution is 7.20. The van der Waals surface area contributed by atoms with Gasteiger partial charge in [-0.3, -0.25) is 0 Å². The quantitative estimate of drug-likeness (QED) is 0.281. The number of nitrogens with zero attached hydrogens (tertiary/aromatic N) is 1. The summed E-state index contributed by atoms with van der Waals surface area (Å²) in [7, 11) is 1.31. The summed E-state index contributed by atoms with van der Waals surface area (Å²) in [5.41, 5.74) is 2.38. The number of methoxy groups -OCH3 is 1. The number of nitrogens with one attached hydrogen (secondary N) is 1. The van der Waals surface area contributed by atoms with Crippen molar-refractivity contribution in [2.75, 3.05) is 7.11 Å². The van der Waals surface area contributed by atoms with Crippen molar-refractivity contribution >= 4 is 51.3 Å². The molecule has 1 N–H and O–H groups in total. The van der Waals surface area contributed by atoms with E-state index in [0.717, 1.165) is 15.0 Å². The number of benzene rings is 2. The molecule has 0 unspecified atom stereocenters. The number of hydrazone groups is 1. The Bertz CT molecular complexity index is 1140. The van der Waals surface area contributed by atoms with Gasteiger partial charge in [0.2, 0.25) is 6.10 Å². The Labute approximate surface area is 194 Å². The van der Waals surface area contributed by atoms with Gasteiger partial charge >= 0.3 is 12.1 Å². The number of fused-ring (bicyclic) bond motifs is 1. The number of amides is 1. The van der Waals surface area contributed by atoms with Gasteiger partial charge in [-0.15, -0.1) is 11.3 Å². The third-order valence-electron chi connectivity index (χ3n) is 4.10. The number of rotatable bonds is 6. The van der Waals surface area contributed by atoms with Crippen molar-refractivity contribution in [3.63, 3.8) is 0 Å². The Hall–Kier alpha value is -3.10. The molecule has 32 heavy (non-hydrogen) atoms. The number of halogens is 1. The van der Waals surface area contributed by atoms with Gasteiger partial charge in [-0.05, 0) is 62.6 Å². The molecule has 1 heterocycles. The summed E-state index contributed by atoms with van der Waals surface area (Å²) < 4.78 is 16.9. The lowest BCUT2D eigenvalue weighted by atomic mass is 10.1. The van der Waals surface area contributed by atoms with Gasteiger partial charge in [0, 0.05) is 20.2 Å². The van der Waals surface area contributed by atoms with Crippen molar-refractivity contribution in [2.24, 2.45) is 5.10 Å². The van der Waals surface area contributed by atoms with Crippen LogP contribution in [0, 0.1) is 0 Å². The molecule has 7 nitrogen and oxygen atoms in total. The highest BCUT2D eigenvalue weighted by atomic mass is 35.5. The van der Waals surface area contributed by atoms with Crippen LogP contribution in [0.1, 0.15) is 37.3 Å². The molecule has 1 amide bonds. The van der Waals surface area contributed by atoms with E-state index in [9.17, 15) is 9.59 Å². The van der Waals surface area contributed by atoms with E-state index < -0.39 is 23.8 Å². The summed E-state index contributed by atoms with van der Waals surface area (Å²) in [6, 6.07) is 14.3. The van der Waals surface area contributed by atoms with Crippen LogP contribution in [0.3, 0.4) is 0 Å². The minimum Gasteiger partial charge on any atom is -0.474 e. The molecular weight excluding hydrogens is 452 g/mol. The number of esters is 1. The fraction of sp³-hybridized carbons (Fsp3) is 0.261. The van der Waals surface area contributed by atoms with E-state index in [0.29, 0.717) is 16.3 Å². The smallest absolute Gasteiger partial charge is 0.428 e. The second-order valence-corrected chi connectivity index (χ2v) is 9.34. The van der Waals surface area contributed by atoms with E-state index >= 15 is 0 Å². The van der Waals surface area contributed by atoms with Crippen LogP contribution in [-0.2, 0) is 14.3 Å². The Morgan fingerprint density at radius 1 is 1.12 bits per heavy atom. The number of thiophene rings is 1. The molecule has 3 aromatic rings. The molecule has 0 aliphatic rings. The van der Waals surface area contributed by atoms with Crippen LogP contribution >= 0.6 is 22.9 Å². The third kappa shape index (κ3) is 6.45. The maximum Gasteiger partial charge on any atom is 0.428 e. The molecule has 0 fully saturated rings. The van der Waals surface area contributed by atoms with Crippen LogP contribution in [0.15, 0.2) is 53.6 Å². The molecule has 3 rings (SSSR count). The fourth-order valence-electron chi connectivity index (χ4n) is 2.75. The lowest BCUT2D eigenvalue weighted by Crippen LogP contribution is -2.29. The first kappa shape index (κ1) is 23.6. The van der Waals surface area contributed by atoms with Gasteiger partial charge in [0.25, 0.3) is 0 Å². The normalized spacial score (nSPS) is 12.5. The molecule has 0 aliphatic heterocycles. The first-order valence-corrected chi connectivity index (χ1v) is 10.9. The molecule has 168 valence electrons. The molecule has 0 spiro atoms. The van der Waals surface area contributed by atoms with Crippen molar-refractivity contribution in [3.05, 3.63) is 64.0 Å². The second kappa shape index (κ2) is 10.0.